The molecule has 0 saturated heterocycles. The molecule has 0 fully saturated rings. The van der Waals surface area contributed by atoms with E-state index in [1.807, 2.05) is 55.4 Å². The zero-order valence-corrected chi connectivity index (χ0v) is 90.5. The smallest absolute Gasteiger partial charge is 0.308 e. The van der Waals surface area contributed by atoms with Gasteiger partial charge in [-0.05, 0) is 116 Å². The van der Waals surface area contributed by atoms with Gasteiger partial charge in [-0.25, -0.2) is 0 Å². The van der Waals surface area contributed by atoms with E-state index >= 15 is 0 Å². The maximum absolute atomic E-state index is 11.9. The van der Waals surface area contributed by atoms with Crippen LogP contribution in [0.2, 0.25) is 0 Å². The first-order chi connectivity index (χ1) is 65.4. The fraction of sp³-hybridized carbons (Fsp3) is 0.913. The molecule has 0 aromatic carbocycles. The van der Waals surface area contributed by atoms with E-state index in [9.17, 15) is 43.2 Å². The van der Waals surface area contributed by atoms with E-state index in [-0.39, 0.29) is 144 Å². The summed E-state index contributed by atoms with van der Waals surface area (Å²) in [6, 6.07) is 0. The first kappa shape index (κ1) is 159. The molecule has 32 heteroatoms. The van der Waals surface area contributed by atoms with Crippen molar-refractivity contribution in [3.8, 4) is 0 Å². The highest BCUT2D eigenvalue weighted by Crippen LogP contribution is 2.21. The number of ether oxygens (including phenoxy) is 16. The number of aliphatic hydroxyl groups excluding tert-OH is 7. The summed E-state index contributed by atoms with van der Waals surface area (Å²) in [5, 5.41) is 54.5. The first-order valence-electron chi connectivity index (χ1n) is 51.2. The summed E-state index contributed by atoms with van der Waals surface area (Å²) in [7, 11) is 8.82. The minimum absolute atomic E-state index is 0. The molecule has 7 N–H and O–H groups in total. The second-order valence-electron chi connectivity index (χ2n) is 31.0. The molecule has 32 nitrogen and oxygen atoms in total. The van der Waals surface area contributed by atoms with Gasteiger partial charge in [0, 0.05) is 28.7 Å². The molecule has 0 spiro atoms. The molecule has 0 saturated carbocycles. The molecule has 0 aromatic rings. The van der Waals surface area contributed by atoms with Gasteiger partial charge in [0.2, 0.25) is 0 Å². The van der Waals surface area contributed by atoms with Gasteiger partial charge in [-0.1, -0.05) is 248 Å². The number of aliphatic hydroxyl groups is 7. The number of carbonyl (C=O) groups is 9. The molecule has 0 radical (unpaired) electrons. The van der Waals surface area contributed by atoms with Crippen LogP contribution in [0.1, 0.15) is 365 Å². The Morgan fingerprint density at radius 2 is 0.346 bits per heavy atom. The number of rotatable bonds is 77. The van der Waals surface area contributed by atoms with Gasteiger partial charge < -0.3 is 116 Å². The van der Waals surface area contributed by atoms with Crippen LogP contribution in [0.3, 0.4) is 0 Å². The number of hydrogen-bond donors (Lipinski definition) is 7. The van der Waals surface area contributed by atoms with Crippen LogP contribution < -0.4 is 0 Å². The van der Waals surface area contributed by atoms with Crippen molar-refractivity contribution < 1.29 is 156 Å². The molecule has 136 heavy (non-hydrogen) atoms. The van der Waals surface area contributed by atoms with E-state index < -0.39 is 0 Å². The summed E-state index contributed by atoms with van der Waals surface area (Å²) in [4.78, 5) is 102. The van der Waals surface area contributed by atoms with E-state index in [0.29, 0.717) is 125 Å². The average Bonchev–Trinajstić information content (AvgIpc) is 0.921. The van der Waals surface area contributed by atoms with Crippen molar-refractivity contribution in [1.82, 2.24) is 0 Å². The molecule has 9 atom stereocenters. The second-order valence-corrected chi connectivity index (χ2v) is 31.0. The Kier molecular flexibility index (Phi) is 167. The Hall–Kier alpha value is -5.17. The van der Waals surface area contributed by atoms with Crippen LogP contribution in [0.15, 0.2) is 0 Å². The zero-order chi connectivity index (χ0) is 105. The van der Waals surface area contributed by atoms with Gasteiger partial charge in [-0.15, -0.1) is 0 Å². The minimum atomic E-state index is -0.123. The highest BCUT2D eigenvalue weighted by atomic mass is 16.6. The Morgan fingerprint density at radius 1 is 0.213 bits per heavy atom. The fourth-order valence-corrected chi connectivity index (χ4v) is 11.8. The lowest BCUT2D eigenvalue weighted by Gasteiger charge is -2.14. The Bertz CT molecular complexity index is 2120. The largest absolute Gasteiger partial charge is 0.469 e. The van der Waals surface area contributed by atoms with Gasteiger partial charge in [-0.2, -0.15) is 0 Å². The molecule has 826 valence electrons. The van der Waals surface area contributed by atoms with Crippen LogP contribution in [-0.4, -0.2) is 298 Å². The van der Waals surface area contributed by atoms with Crippen LogP contribution in [0, 0.1) is 53.3 Å². The summed E-state index contributed by atoms with van der Waals surface area (Å²) >= 11 is 0. The highest BCUT2D eigenvalue weighted by Gasteiger charge is 2.23. The number of carbonyl (C=O) groups excluding carboxylic acids is 9. The number of unbranched alkanes of at least 4 members (excludes halogenated alkanes) is 9. The van der Waals surface area contributed by atoms with Gasteiger partial charge in [0.15, 0.2) is 0 Å². The minimum Gasteiger partial charge on any atom is -0.469 e. The topological polar surface area (TPSA) is 443 Å². The van der Waals surface area contributed by atoms with Crippen molar-refractivity contribution in [2.24, 2.45) is 53.3 Å². The number of hydrogen-bond acceptors (Lipinski definition) is 32. The second kappa shape index (κ2) is 143. The first-order valence-corrected chi connectivity index (χ1v) is 51.2. The van der Waals surface area contributed by atoms with E-state index in [1.54, 1.807) is 0 Å². The Labute approximate surface area is 831 Å². The van der Waals surface area contributed by atoms with Crippen molar-refractivity contribution >= 4 is 54.0 Å². The van der Waals surface area contributed by atoms with Gasteiger partial charge >= 0.3 is 47.8 Å². The van der Waals surface area contributed by atoms with Gasteiger partial charge in [0.05, 0.1) is 208 Å². The predicted molar refractivity (Wildman–Crippen MR) is 546 cm³/mol. The van der Waals surface area contributed by atoms with Crippen LogP contribution >= 0.6 is 0 Å². The maximum Gasteiger partial charge on any atom is 0.308 e. The lowest BCUT2D eigenvalue weighted by molar-refractivity contribution is -0.152. The number of aldehydes is 1. The van der Waals surface area contributed by atoms with E-state index in [1.165, 1.54) is 41.3 Å². The average molecular weight is 1980 g/mol. The highest BCUT2D eigenvalue weighted by molar-refractivity contribution is 5.75. The van der Waals surface area contributed by atoms with Gasteiger partial charge in [0.25, 0.3) is 0 Å². The van der Waals surface area contributed by atoms with E-state index in [4.69, 9.17) is 92.6 Å². The van der Waals surface area contributed by atoms with Crippen LogP contribution in [0.4, 0.5) is 0 Å². The predicted octanol–water partition coefficient (Wildman–Crippen LogP) is 18.7. The third-order valence-corrected chi connectivity index (χ3v) is 20.6. The fourth-order valence-electron chi connectivity index (χ4n) is 11.8. The van der Waals surface area contributed by atoms with Crippen LogP contribution in [-0.2, 0) is 119 Å². The van der Waals surface area contributed by atoms with Gasteiger partial charge in [-0.3, -0.25) is 38.4 Å². The molecule has 0 aliphatic rings. The normalized spacial score (nSPS) is 12.0. The maximum atomic E-state index is 11.9. The number of esters is 8. The lowest BCUT2D eigenvalue weighted by Crippen LogP contribution is -2.21. The van der Waals surface area contributed by atoms with Crippen LogP contribution in [0.5, 0.6) is 0 Å². The zero-order valence-electron chi connectivity index (χ0n) is 90.5. The molecule has 0 aliphatic heterocycles. The molecule has 0 rings (SSSR count). The molecular weight excluding hydrogens is 1760 g/mol. The monoisotopic (exact) mass is 1980 g/mol. The molecule has 9 unspecified atom stereocenters. The molecule has 0 aliphatic carbocycles. The van der Waals surface area contributed by atoms with Crippen molar-refractivity contribution in [2.45, 2.75) is 363 Å². The molecule has 0 heterocycles. The lowest BCUT2D eigenvalue weighted by atomic mass is 10.00. The summed E-state index contributed by atoms with van der Waals surface area (Å²) in [5.74, 6) is 0.172. The summed E-state index contributed by atoms with van der Waals surface area (Å²) in [5.41, 5.74) is 0. The standard InChI is InChI=1S/C22H42O6.2C14H28O5.4C9H18O2.C8H16O.C6H14O4.3CH4O.CH4.H2/c1-5-9-11-19(7-3)21(23)27-17-15-25-13-14-26-16-18-28-22(24)20(8-4)12-10-6-2;2*1-3-5-6-13(4-2)14(16)19-12-11-18-10-9-17-8-7-15;4*1-4-6-7-8(5-2)9(10)11-3;1-3-5-6-8(4-2)7-9;7-1-3-9-5-6-10-4-2-8;3*1-2;;/h19-20H,5-18H2,1-4H3;2*13,15H,3-12H2,1-2H3;4*8H,4-7H2,1-3H3;7-8H,3-6H2,1-2H3;7-8H,1-6H2;3*2H,1H3;1H4;1H. The Balaban J connectivity index is -0.000000105. The molecule has 0 aromatic heterocycles. The molecule has 0 amide bonds. The SMILES string of the molecule is C.CCCCC(C=O)CC.CCCCC(CC)C(=O)OC.CCCCC(CC)C(=O)OC.CCCCC(CC)C(=O)OC.CCCCC(CC)C(=O)OC.CCCCC(CC)C(=O)OCCOCCOCCO.CCCCC(CC)C(=O)OCCOCCOCCO.CCCCC(CC)C(=O)OCCOCCOCCOC(=O)C(CC)CCCC.CO.CO.CO.OCCOCCOCCO.[HH]. The third kappa shape index (κ3) is 123. The van der Waals surface area contributed by atoms with Crippen molar-refractivity contribution in [1.29, 1.82) is 0 Å². The van der Waals surface area contributed by atoms with Crippen molar-refractivity contribution in [3.05, 3.63) is 0 Å². The van der Waals surface area contributed by atoms with Gasteiger partial charge in [0.1, 0.15) is 32.7 Å². The molecular formula is C104H218O32. The number of methoxy groups -OCH3 is 4. The van der Waals surface area contributed by atoms with E-state index in [0.717, 1.165) is 246 Å². The van der Waals surface area contributed by atoms with E-state index in [2.05, 4.69) is 88.2 Å². The summed E-state index contributed by atoms with van der Waals surface area (Å²) < 4.78 is 80.6. The van der Waals surface area contributed by atoms with Crippen LogP contribution in [0.25, 0.3) is 0 Å². The summed E-state index contributed by atoms with van der Waals surface area (Å²) in [6.45, 7) is 45.1. The van der Waals surface area contributed by atoms with Crippen molar-refractivity contribution in [3.63, 3.8) is 0 Å². The van der Waals surface area contributed by atoms with Crippen molar-refractivity contribution in [2.75, 3.05) is 208 Å². The quantitative estimate of drug-likeness (QED) is 0.0129. The molecule has 0 bridgehead atoms. The Morgan fingerprint density at radius 3 is 0.463 bits per heavy atom. The summed E-state index contributed by atoms with van der Waals surface area (Å²) in [6.07, 6.45) is 37.6. The third-order valence-electron chi connectivity index (χ3n) is 20.6.